The van der Waals surface area contributed by atoms with Crippen LogP contribution < -0.4 is 0 Å². The molecule has 3 aliphatic rings. The lowest BCUT2D eigenvalue weighted by molar-refractivity contribution is -0.212. The Morgan fingerprint density at radius 1 is 1.00 bits per heavy atom. The third-order valence-electron chi connectivity index (χ3n) is 5.54. The monoisotopic (exact) mass is 298 g/mol. The zero-order chi connectivity index (χ0) is 16.1. The molecule has 5 atom stereocenters. The van der Waals surface area contributed by atoms with Gasteiger partial charge in [0.2, 0.25) is 11.6 Å². The summed E-state index contributed by atoms with van der Waals surface area (Å²) in [6.07, 6.45) is -0.00724. The molecule has 0 radical (unpaired) electrons. The first-order valence-corrected chi connectivity index (χ1v) is 6.83. The molecule has 116 valence electrons. The lowest BCUT2D eigenvalue weighted by Crippen LogP contribution is -2.72. The van der Waals surface area contributed by atoms with Crippen LogP contribution in [0, 0.1) is 0 Å². The summed E-state index contributed by atoms with van der Waals surface area (Å²) < 4.78 is 10.9. The minimum absolute atomic E-state index is 0.0320. The van der Waals surface area contributed by atoms with Crippen LogP contribution in [0.4, 0.5) is 0 Å². The van der Waals surface area contributed by atoms with Crippen LogP contribution in [0.25, 0.3) is 0 Å². The number of aliphatic hydroxyl groups is 1. The van der Waals surface area contributed by atoms with Gasteiger partial charge in [-0.05, 0) is 40.5 Å². The van der Waals surface area contributed by atoms with E-state index in [1.165, 1.54) is 27.7 Å². The van der Waals surface area contributed by atoms with Gasteiger partial charge in [0.1, 0.15) is 0 Å². The Labute approximate surface area is 121 Å². The molecule has 2 saturated heterocycles. The summed E-state index contributed by atoms with van der Waals surface area (Å²) in [6, 6.07) is 0. The minimum Gasteiger partial charge on any atom is -0.479 e. The smallest absolute Gasteiger partial charge is 0.335 e. The van der Waals surface area contributed by atoms with Crippen molar-refractivity contribution in [3.8, 4) is 0 Å². The van der Waals surface area contributed by atoms with Crippen molar-refractivity contribution >= 4 is 17.5 Å². The zero-order valence-corrected chi connectivity index (χ0v) is 12.3. The van der Waals surface area contributed by atoms with Gasteiger partial charge in [0.15, 0.2) is 28.0 Å². The zero-order valence-electron chi connectivity index (χ0n) is 12.3. The molecular weight excluding hydrogens is 280 g/mol. The van der Waals surface area contributed by atoms with E-state index in [1.54, 1.807) is 0 Å². The van der Waals surface area contributed by atoms with E-state index in [-0.39, 0.29) is 12.8 Å². The fraction of sp³-hybridized carbons (Fsp3) is 0.786. The number of rotatable bonds is 1. The van der Waals surface area contributed by atoms with Crippen molar-refractivity contribution in [2.45, 2.75) is 68.5 Å². The van der Waals surface area contributed by atoms with Crippen molar-refractivity contribution in [2.24, 2.45) is 0 Å². The first-order valence-electron chi connectivity index (χ1n) is 6.83. The highest BCUT2D eigenvalue weighted by atomic mass is 16.7. The molecule has 7 heteroatoms. The molecule has 0 aromatic heterocycles. The molecule has 0 bridgehead atoms. The molecule has 1 saturated carbocycles. The lowest BCUT2D eigenvalue weighted by atomic mass is 9.62. The van der Waals surface area contributed by atoms with Crippen LogP contribution in [-0.2, 0) is 23.9 Å². The molecule has 7 nitrogen and oxygen atoms in total. The Morgan fingerprint density at radius 2 is 1.52 bits per heavy atom. The van der Waals surface area contributed by atoms with Gasteiger partial charge in [-0.25, -0.2) is 4.79 Å². The van der Waals surface area contributed by atoms with Gasteiger partial charge in [-0.3, -0.25) is 9.59 Å². The van der Waals surface area contributed by atoms with Gasteiger partial charge in [0.25, 0.3) is 0 Å². The second-order valence-corrected chi connectivity index (χ2v) is 6.86. The summed E-state index contributed by atoms with van der Waals surface area (Å²) in [7, 11) is 0. The number of aliphatic carboxylic acids is 1. The Balaban J connectivity index is 2.13. The predicted octanol–water partition coefficient (Wildman–Crippen LogP) is -0.171. The van der Waals surface area contributed by atoms with Crippen molar-refractivity contribution in [3.05, 3.63) is 0 Å². The van der Waals surface area contributed by atoms with E-state index in [1.807, 2.05) is 0 Å². The van der Waals surface area contributed by atoms with Crippen LogP contribution in [0.5, 0.6) is 0 Å². The number of hydrogen-bond donors (Lipinski definition) is 2. The number of ether oxygens (including phenoxy) is 2. The molecular formula is C14H18O7. The second kappa shape index (κ2) is 3.37. The molecule has 3 fully saturated rings. The van der Waals surface area contributed by atoms with Crippen molar-refractivity contribution < 1.29 is 34.1 Å². The van der Waals surface area contributed by atoms with Gasteiger partial charge >= 0.3 is 5.97 Å². The summed E-state index contributed by atoms with van der Waals surface area (Å²) in [5, 5.41) is 20.0. The van der Waals surface area contributed by atoms with E-state index in [0.29, 0.717) is 0 Å². The van der Waals surface area contributed by atoms with E-state index < -0.39 is 45.5 Å². The van der Waals surface area contributed by atoms with Crippen LogP contribution in [0.15, 0.2) is 0 Å². The number of epoxide rings is 1. The second-order valence-electron chi connectivity index (χ2n) is 6.86. The number of ketones is 2. The normalized spacial score (nSPS) is 55.7. The maximum absolute atomic E-state index is 12.8. The van der Waals surface area contributed by atoms with E-state index in [9.17, 15) is 24.6 Å². The topological polar surface area (TPSA) is 113 Å². The number of fused-ring (bicyclic) bond motifs is 1. The maximum Gasteiger partial charge on any atom is 0.335 e. The summed E-state index contributed by atoms with van der Waals surface area (Å²) in [6.45, 7) is 5.47. The molecule has 2 aliphatic heterocycles. The van der Waals surface area contributed by atoms with E-state index in [0.717, 1.165) is 0 Å². The molecule has 1 aliphatic carbocycles. The average Bonchev–Trinajstić information content (AvgIpc) is 2.79. The number of carbonyl (C=O) groups is 3. The Hall–Kier alpha value is -1.31. The molecule has 0 aromatic rings. The number of Topliss-reactive ketones (excluding diaryl/α,β-unsaturated/α-hetero) is 2. The highest BCUT2D eigenvalue weighted by molar-refractivity contribution is 6.18. The van der Waals surface area contributed by atoms with Crippen LogP contribution in [-0.4, -0.2) is 55.8 Å². The Kier molecular flexibility index (Phi) is 2.34. The van der Waals surface area contributed by atoms with E-state index >= 15 is 0 Å². The molecule has 21 heavy (non-hydrogen) atoms. The van der Waals surface area contributed by atoms with Gasteiger partial charge < -0.3 is 19.7 Å². The quantitative estimate of drug-likeness (QED) is 0.646. The van der Waals surface area contributed by atoms with Crippen LogP contribution in [0.2, 0.25) is 0 Å². The minimum atomic E-state index is -2.12. The van der Waals surface area contributed by atoms with Gasteiger partial charge in [-0.2, -0.15) is 0 Å². The summed E-state index contributed by atoms with van der Waals surface area (Å²) >= 11 is 0. The number of carboxylic acid groups (broad SMARTS) is 1. The van der Waals surface area contributed by atoms with E-state index in [2.05, 4.69) is 0 Å². The van der Waals surface area contributed by atoms with Crippen molar-refractivity contribution in [2.75, 3.05) is 0 Å². The highest BCUT2D eigenvalue weighted by Crippen LogP contribution is 2.62. The molecule has 0 amide bonds. The van der Waals surface area contributed by atoms with Gasteiger partial charge in [0, 0.05) is 0 Å². The summed E-state index contributed by atoms with van der Waals surface area (Å²) in [5.74, 6) is -2.44. The Bertz CT molecular complexity index is 596. The van der Waals surface area contributed by atoms with Gasteiger partial charge in [-0.15, -0.1) is 0 Å². The van der Waals surface area contributed by atoms with Crippen LogP contribution >= 0.6 is 0 Å². The average molecular weight is 298 g/mol. The van der Waals surface area contributed by atoms with Crippen LogP contribution in [0.1, 0.15) is 40.5 Å². The van der Waals surface area contributed by atoms with Crippen molar-refractivity contribution in [1.29, 1.82) is 0 Å². The van der Waals surface area contributed by atoms with Crippen LogP contribution in [0.3, 0.4) is 0 Å². The maximum atomic E-state index is 12.8. The molecule has 3 rings (SSSR count). The molecule has 2 heterocycles. The third-order valence-corrected chi connectivity index (χ3v) is 5.54. The fourth-order valence-corrected chi connectivity index (χ4v) is 3.72. The first kappa shape index (κ1) is 14.6. The predicted molar refractivity (Wildman–Crippen MR) is 67.6 cm³/mol. The third kappa shape index (κ3) is 1.28. The fourth-order valence-electron chi connectivity index (χ4n) is 3.72. The molecule has 0 aromatic carbocycles. The summed E-state index contributed by atoms with van der Waals surface area (Å²) in [4.78, 5) is 36.7. The van der Waals surface area contributed by atoms with Crippen molar-refractivity contribution in [1.82, 2.24) is 0 Å². The van der Waals surface area contributed by atoms with E-state index in [4.69, 9.17) is 9.47 Å². The largest absolute Gasteiger partial charge is 0.479 e. The lowest BCUT2D eigenvalue weighted by Gasteiger charge is -2.45. The highest BCUT2D eigenvalue weighted by Gasteiger charge is 2.86. The molecule has 2 N–H and O–H groups in total. The Morgan fingerprint density at radius 3 is 2.00 bits per heavy atom. The SMILES string of the molecule is CC1(C(=O)O)CCC2(O1)C(=O)C1(C)OC1(C)C(=O)C2(C)O. The number of carbonyl (C=O) groups excluding carboxylic acids is 2. The summed E-state index contributed by atoms with van der Waals surface area (Å²) in [5.41, 5.74) is -8.34. The number of carboxylic acids is 1. The standard InChI is InChI=1S/C14H18O7/c1-10(9(17)18)5-6-14(20-10)8(16)13(4)12(3,21-13)7(15)11(14,2)19/h19H,5-6H2,1-4H3,(H,17,18). The van der Waals surface area contributed by atoms with Gasteiger partial charge in [0.05, 0.1) is 0 Å². The van der Waals surface area contributed by atoms with Gasteiger partial charge in [-0.1, -0.05) is 0 Å². The first-order chi connectivity index (χ1) is 9.37. The molecule has 5 unspecified atom stereocenters. The number of hydrogen-bond acceptors (Lipinski definition) is 6. The molecule has 1 spiro atoms. The van der Waals surface area contributed by atoms with Crippen molar-refractivity contribution in [3.63, 3.8) is 0 Å².